The van der Waals surface area contributed by atoms with Crippen LogP contribution in [0.1, 0.15) is 0 Å². The van der Waals surface area contributed by atoms with Crippen LogP contribution in [0, 0.1) is 0 Å². The first-order valence-corrected chi connectivity index (χ1v) is 6.91. The molecule has 1 N–H and O–H groups in total. The van der Waals surface area contributed by atoms with E-state index in [9.17, 15) is 0 Å². The van der Waals surface area contributed by atoms with E-state index in [2.05, 4.69) is 17.1 Å². The van der Waals surface area contributed by atoms with Crippen LogP contribution in [-0.2, 0) is 0 Å². The summed E-state index contributed by atoms with van der Waals surface area (Å²) >= 11 is 0. The van der Waals surface area contributed by atoms with Gasteiger partial charge in [-0.05, 0) is 18.2 Å². The number of hydrogen-bond acceptors (Lipinski definition) is 2. The van der Waals surface area contributed by atoms with Crippen molar-refractivity contribution in [1.29, 1.82) is 0 Å². The molecule has 0 fully saturated rings. The zero-order valence-corrected chi connectivity index (χ0v) is 10.4. The third kappa shape index (κ3) is 1.41. The quantitative estimate of drug-likeness (QED) is 0.674. The van der Waals surface area contributed by atoms with Crippen LogP contribution in [0.25, 0.3) is 10.9 Å². The van der Waals surface area contributed by atoms with Gasteiger partial charge in [0.15, 0.2) is 11.5 Å². The summed E-state index contributed by atoms with van der Waals surface area (Å²) in [7, 11) is -1.06. The molecule has 0 spiro atoms. The van der Waals surface area contributed by atoms with Gasteiger partial charge in [-0.2, -0.15) is 0 Å². The van der Waals surface area contributed by atoms with Gasteiger partial charge in [0.2, 0.25) is 0 Å². The number of aromatic nitrogens is 1. The van der Waals surface area contributed by atoms with E-state index in [1.165, 1.54) is 0 Å². The Bertz CT molecular complexity index is 697. The highest BCUT2D eigenvalue weighted by atomic mass is 31.2. The molecule has 0 unspecified atom stereocenters. The van der Waals surface area contributed by atoms with Crippen molar-refractivity contribution >= 4 is 24.6 Å². The molecule has 0 amide bonds. The lowest BCUT2D eigenvalue weighted by atomic mass is 10.2. The van der Waals surface area contributed by atoms with Crippen LogP contribution >= 0.6 is 8.38 Å². The van der Waals surface area contributed by atoms with Gasteiger partial charge >= 0.3 is 8.38 Å². The molecular weight excluding hydrogens is 245 g/mol. The van der Waals surface area contributed by atoms with Gasteiger partial charge in [-0.1, -0.05) is 30.3 Å². The minimum atomic E-state index is -1.06. The molecular formula is C14H10NO2P. The average Bonchev–Trinajstić information content (AvgIpc) is 3.02. The standard InChI is InChI=1S/C14H10NO2P/c1-2-6-11-10(5-1)14(9-15-11)18-16-12-7-3-4-8-13(12)17-18/h1-9,15H. The second-order valence-electron chi connectivity index (χ2n) is 4.11. The maximum Gasteiger partial charge on any atom is 0.328 e. The van der Waals surface area contributed by atoms with Gasteiger partial charge in [-0.3, -0.25) is 0 Å². The third-order valence-corrected chi connectivity index (χ3v) is 4.46. The highest BCUT2D eigenvalue weighted by Crippen LogP contribution is 2.51. The Labute approximate surface area is 105 Å². The Kier molecular flexibility index (Phi) is 2.08. The second-order valence-corrected chi connectivity index (χ2v) is 5.47. The zero-order chi connectivity index (χ0) is 11.9. The molecule has 0 radical (unpaired) electrons. The Morgan fingerprint density at radius 1 is 0.833 bits per heavy atom. The third-order valence-electron chi connectivity index (χ3n) is 2.98. The lowest BCUT2D eigenvalue weighted by Gasteiger charge is -2.06. The first-order valence-electron chi connectivity index (χ1n) is 5.73. The Hall–Kier alpha value is -1.99. The fourth-order valence-corrected chi connectivity index (χ4v) is 3.56. The van der Waals surface area contributed by atoms with Crippen molar-refractivity contribution in [3.05, 3.63) is 54.7 Å². The highest BCUT2D eigenvalue weighted by Gasteiger charge is 2.29. The molecule has 1 aliphatic rings. The average molecular weight is 255 g/mol. The predicted molar refractivity (Wildman–Crippen MR) is 72.6 cm³/mol. The summed E-state index contributed by atoms with van der Waals surface area (Å²) in [6.45, 7) is 0. The summed E-state index contributed by atoms with van der Waals surface area (Å²) in [6.07, 6.45) is 1.97. The van der Waals surface area contributed by atoms with Crippen LogP contribution in [0.5, 0.6) is 11.5 Å². The highest BCUT2D eigenvalue weighted by molar-refractivity contribution is 7.57. The fourth-order valence-electron chi connectivity index (χ4n) is 2.10. The molecule has 0 aliphatic carbocycles. The lowest BCUT2D eigenvalue weighted by molar-refractivity contribution is 0.588. The van der Waals surface area contributed by atoms with Crippen LogP contribution < -0.4 is 14.4 Å². The SMILES string of the molecule is c1ccc2c(c1)OP(c1c[nH]c3ccccc13)O2. The van der Waals surface area contributed by atoms with Gasteiger partial charge < -0.3 is 14.0 Å². The number of aromatic amines is 1. The molecule has 1 aromatic heterocycles. The first kappa shape index (κ1) is 9.98. The van der Waals surface area contributed by atoms with Crippen molar-refractivity contribution < 1.29 is 9.05 Å². The fraction of sp³-hybridized carbons (Fsp3) is 0. The molecule has 4 heteroatoms. The minimum absolute atomic E-state index is 0.828. The summed E-state index contributed by atoms with van der Waals surface area (Å²) in [5.74, 6) is 1.66. The van der Waals surface area contributed by atoms with E-state index < -0.39 is 8.38 Å². The lowest BCUT2D eigenvalue weighted by Crippen LogP contribution is -2.03. The summed E-state index contributed by atoms with van der Waals surface area (Å²) in [5.41, 5.74) is 1.11. The second kappa shape index (κ2) is 3.76. The van der Waals surface area contributed by atoms with Crippen molar-refractivity contribution in [3.63, 3.8) is 0 Å². The molecule has 4 rings (SSSR count). The van der Waals surface area contributed by atoms with Gasteiger partial charge in [-0.25, -0.2) is 0 Å². The Balaban J connectivity index is 1.78. The molecule has 3 aromatic rings. The van der Waals surface area contributed by atoms with Crippen LogP contribution in [-0.4, -0.2) is 4.98 Å². The Morgan fingerprint density at radius 3 is 2.28 bits per heavy atom. The number of benzene rings is 2. The van der Waals surface area contributed by atoms with E-state index in [1.54, 1.807) is 0 Å². The van der Waals surface area contributed by atoms with Gasteiger partial charge in [-0.15, -0.1) is 0 Å². The molecule has 18 heavy (non-hydrogen) atoms. The Morgan fingerprint density at radius 2 is 1.50 bits per heavy atom. The predicted octanol–water partition coefficient (Wildman–Crippen LogP) is 3.58. The normalized spacial score (nSPS) is 14.2. The summed E-state index contributed by atoms with van der Waals surface area (Å²) in [6, 6.07) is 16.0. The van der Waals surface area contributed by atoms with E-state index in [1.807, 2.05) is 42.6 Å². The molecule has 0 atom stereocenters. The van der Waals surface area contributed by atoms with Crippen LogP contribution in [0.2, 0.25) is 0 Å². The number of rotatable bonds is 1. The molecule has 1 aliphatic heterocycles. The summed E-state index contributed by atoms with van der Waals surface area (Å²) in [4.78, 5) is 3.25. The number of para-hydroxylation sites is 3. The van der Waals surface area contributed by atoms with Gasteiger partial charge in [0.1, 0.15) is 0 Å². The summed E-state index contributed by atoms with van der Waals surface area (Å²) < 4.78 is 11.8. The van der Waals surface area contributed by atoms with Crippen LogP contribution in [0.4, 0.5) is 0 Å². The summed E-state index contributed by atoms with van der Waals surface area (Å²) in [5, 5.41) is 2.26. The van der Waals surface area contributed by atoms with Crippen molar-refractivity contribution in [3.8, 4) is 11.5 Å². The first-order chi connectivity index (χ1) is 8.92. The van der Waals surface area contributed by atoms with E-state index in [0.29, 0.717) is 0 Å². The van der Waals surface area contributed by atoms with Crippen molar-refractivity contribution in [2.45, 2.75) is 0 Å². The maximum absolute atomic E-state index is 5.88. The van der Waals surface area contributed by atoms with Gasteiger partial charge in [0.05, 0.1) is 5.30 Å². The minimum Gasteiger partial charge on any atom is -0.431 e. The molecule has 0 saturated carbocycles. The molecule has 2 heterocycles. The van der Waals surface area contributed by atoms with E-state index in [4.69, 9.17) is 9.05 Å². The number of nitrogens with one attached hydrogen (secondary N) is 1. The van der Waals surface area contributed by atoms with Crippen molar-refractivity contribution in [2.75, 3.05) is 0 Å². The van der Waals surface area contributed by atoms with E-state index in [-0.39, 0.29) is 0 Å². The van der Waals surface area contributed by atoms with Crippen molar-refractivity contribution in [2.24, 2.45) is 0 Å². The molecule has 3 nitrogen and oxygen atoms in total. The van der Waals surface area contributed by atoms with Crippen molar-refractivity contribution in [1.82, 2.24) is 4.98 Å². The number of H-pyrrole nitrogens is 1. The smallest absolute Gasteiger partial charge is 0.328 e. The van der Waals surface area contributed by atoms with Gasteiger partial charge in [0, 0.05) is 17.1 Å². The number of hydrogen-bond donors (Lipinski definition) is 1. The molecule has 0 bridgehead atoms. The zero-order valence-electron chi connectivity index (χ0n) is 9.46. The molecule has 88 valence electrons. The van der Waals surface area contributed by atoms with Gasteiger partial charge in [0.25, 0.3) is 0 Å². The van der Waals surface area contributed by atoms with Crippen LogP contribution in [0.3, 0.4) is 0 Å². The van der Waals surface area contributed by atoms with E-state index >= 15 is 0 Å². The largest absolute Gasteiger partial charge is 0.431 e. The topological polar surface area (TPSA) is 34.2 Å². The maximum atomic E-state index is 5.88. The van der Waals surface area contributed by atoms with Crippen LogP contribution in [0.15, 0.2) is 54.7 Å². The van der Waals surface area contributed by atoms with E-state index in [0.717, 1.165) is 27.7 Å². The monoisotopic (exact) mass is 255 g/mol. The molecule has 2 aromatic carbocycles. The number of fused-ring (bicyclic) bond motifs is 2. The molecule has 0 saturated heterocycles.